The van der Waals surface area contributed by atoms with Crippen molar-refractivity contribution in [1.82, 2.24) is 10.3 Å². The lowest BCUT2D eigenvalue weighted by atomic mass is 10.1. The lowest BCUT2D eigenvalue weighted by Crippen LogP contribution is -2.36. The molecule has 0 saturated carbocycles. The van der Waals surface area contributed by atoms with Crippen LogP contribution in [0.15, 0.2) is 35.4 Å². The van der Waals surface area contributed by atoms with E-state index in [1.165, 1.54) is 12.0 Å². The summed E-state index contributed by atoms with van der Waals surface area (Å²) in [5.74, 6) is 0. The van der Waals surface area contributed by atoms with Crippen LogP contribution in [0.25, 0.3) is 0 Å². The number of hydrazone groups is 1. The molecule has 1 aromatic rings. The molecule has 18 heavy (non-hydrogen) atoms. The fourth-order valence-electron chi connectivity index (χ4n) is 2.02. The first kappa shape index (κ1) is 13.0. The van der Waals surface area contributed by atoms with Crippen LogP contribution in [0, 0.1) is 0 Å². The summed E-state index contributed by atoms with van der Waals surface area (Å²) >= 11 is 5.34. The highest BCUT2D eigenvalue weighted by molar-refractivity contribution is 7.80. The van der Waals surface area contributed by atoms with Crippen molar-refractivity contribution in [2.75, 3.05) is 13.1 Å². The Kier molecular flexibility index (Phi) is 4.70. The lowest BCUT2D eigenvalue weighted by molar-refractivity contribution is 0.434. The van der Waals surface area contributed by atoms with Gasteiger partial charge in [0.25, 0.3) is 0 Å². The van der Waals surface area contributed by atoms with Gasteiger partial charge in [0.15, 0.2) is 5.11 Å². The zero-order valence-corrected chi connectivity index (χ0v) is 11.5. The molecule has 1 heterocycles. The standard InChI is InChI=1S/C14H19N3S/c1-2-15-14(18)17-11-7-6-10-13(16-17)12-8-4-3-5-9-12/h3-5,8-9H,2,6-7,10-11H2,1H3,(H,15,18). The smallest absolute Gasteiger partial charge is 0.189 e. The van der Waals surface area contributed by atoms with Crippen LogP contribution in [0.2, 0.25) is 0 Å². The Labute approximate surface area is 114 Å². The van der Waals surface area contributed by atoms with Crippen molar-refractivity contribution in [2.45, 2.75) is 26.2 Å². The van der Waals surface area contributed by atoms with E-state index in [1.54, 1.807) is 0 Å². The summed E-state index contributed by atoms with van der Waals surface area (Å²) in [6.45, 7) is 3.79. The first-order chi connectivity index (χ1) is 8.81. The molecule has 0 saturated heterocycles. The normalized spacial score (nSPS) is 15.8. The van der Waals surface area contributed by atoms with Gasteiger partial charge in [-0.05, 0) is 44.0 Å². The Morgan fingerprint density at radius 3 is 2.83 bits per heavy atom. The molecule has 3 nitrogen and oxygen atoms in total. The second-order valence-corrected chi connectivity index (χ2v) is 4.72. The third kappa shape index (κ3) is 3.29. The average Bonchev–Trinajstić information content (AvgIpc) is 2.66. The van der Waals surface area contributed by atoms with Gasteiger partial charge in [-0.2, -0.15) is 5.10 Å². The molecule has 0 bridgehead atoms. The molecule has 0 aliphatic carbocycles. The summed E-state index contributed by atoms with van der Waals surface area (Å²) in [5, 5.41) is 10.5. The SMILES string of the molecule is CCNC(=S)N1CCCCC(c2ccccc2)=N1. The monoisotopic (exact) mass is 261 g/mol. The first-order valence-corrected chi connectivity index (χ1v) is 6.90. The van der Waals surface area contributed by atoms with Crippen molar-refractivity contribution in [3.63, 3.8) is 0 Å². The van der Waals surface area contributed by atoms with E-state index in [0.717, 1.165) is 36.8 Å². The molecule has 0 amide bonds. The van der Waals surface area contributed by atoms with Gasteiger partial charge in [0, 0.05) is 13.1 Å². The van der Waals surface area contributed by atoms with Gasteiger partial charge < -0.3 is 5.32 Å². The van der Waals surface area contributed by atoms with Crippen molar-refractivity contribution in [3.8, 4) is 0 Å². The predicted molar refractivity (Wildman–Crippen MR) is 79.8 cm³/mol. The number of nitrogens with zero attached hydrogens (tertiary/aromatic N) is 2. The molecular weight excluding hydrogens is 242 g/mol. The number of hydrogen-bond donors (Lipinski definition) is 1. The van der Waals surface area contributed by atoms with E-state index in [4.69, 9.17) is 17.3 Å². The summed E-state index contributed by atoms with van der Waals surface area (Å²) in [5.41, 5.74) is 2.33. The van der Waals surface area contributed by atoms with Crippen LogP contribution < -0.4 is 5.32 Å². The minimum absolute atomic E-state index is 0.729. The van der Waals surface area contributed by atoms with Crippen LogP contribution in [0.5, 0.6) is 0 Å². The summed E-state index contributed by atoms with van der Waals surface area (Å²) in [4.78, 5) is 0. The van der Waals surface area contributed by atoms with Gasteiger partial charge in [0.1, 0.15) is 0 Å². The number of nitrogens with one attached hydrogen (secondary N) is 1. The van der Waals surface area contributed by atoms with Gasteiger partial charge in [0.05, 0.1) is 5.71 Å². The van der Waals surface area contributed by atoms with Crippen LogP contribution in [-0.2, 0) is 0 Å². The fourth-order valence-corrected chi connectivity index (χ4v) is 2.30. The first-order valence-electron chi connectivity index (χ1n) is 6.49. The predicted octanol–water partition coefficient (Wildman–Crippen LogP) is 2.77. The molecule has 0 radical (unpaired) electrons. The molecule has 4 heteroatoms. The van der Waals surface area contributed by atoms with Crippen LogP contribution in [0.4, 0.5) is 0 Å². The van der Waals surface area contributed by atoms with E-state index in [9.17, 15) is 0 Å². The van der Waals surface area contributed by atoms with E-state index in [0.29, 0.717) is 0 Å². The lowest BCUT2D eigenvalue weighted by Gasteiger charge is -2.19. The highest BCUT2D eigenvalue weighted by atomic mass is 32.1. The molecule has 0 aromatic heterocycles. The quantitative estimate of drug-likeness (QED) is 0.830. The van der Waals surface area contributed by atoms with Gasteiger partial charge in [-0.3, -0.25) is 0 Å². The zero-order valence-electron chi connectivity index (χ0n) is 10.7. The topological polar surface area (TPSA) is 27.6 Å². The maximum atomic E-state index is 5.34. The van der Waals surface area contributed by atoms with Crippen molar-refractivity contribution in [3.05, 3.63) is 35.9 Å². The fraction of sp³-hybridized carbons (Fsp3) is 0.429. The maximum Gasteiger partial charge on any atom is 0.189 e. The number of thiocarbonyl (C=S) groups is 1. The van der Waals surface area contributed by atoms with Crippen molar-refractivity contribution < 1.29 is 0 Å². The van der Waals surface area contributed by atoms with Gasteiger partial charge >= 0.3 is 0 Å². The Morgan fingerprint density at radius 2 is 2.11 bits per heavy atom. The molecule has 1 aliphatic heterocycles. The molecule has 0 fully saturated rings. The number of hydrogen-bond acceptors (Lipinski definition) is 2. The van der Waals surface area contributed by atoms with Crippen LogP contribution in [0.1, 0.15) is 31.7 Å². The second-order valence-electron chi connectivity index (χ2n) is 4.33. The molecule has 2 rings (SSSR count). The van der Waals surface area contributed by atoms with E-state index in [1.807, 2.05) is 18.0 Å². The Balaban J connectivity index is 2.20. The van der Waals surface area contributed by atoms with E-state index in [2.05, 4.69) is 29.6 Å². The summed E-state index contributed by atoms with van der Waals surface area (Å²) in [6, 6.07) is 10.4. The van der Waals surface area contributed by atoms with Crippen LogP contribution >= 0.6 is 12.2 Å². The third-order valence-corrected chi connectivity index (χ3v) is 3.30. The molecule has 0 atom stereocenters. The molecule has 1 N–H and O–H groups in total. The average molecular weight is 261 g/mol. The Morgan fingerprint density at radius 1 is 1.33 bits per heavy atom. The minimum atomic E-state index is 0.729. The minimum Gasteiger partial charge on any atom is -0.361 e. The highest BCUT2D eigenvalue weighted by Gasteiger charge is 2.14. The van der Waals surface area contributed by atoms with Crippen LogP contribution in [0.3, 0.4) is 0 Å². The van der Waals surface area contributed by atoms with Crippen molar-refractivity contribution in [1.29, 1.82) is 0 Å². The molecule has 1 aromatic carbocycles. The van der Waals surface area contributed by atoms with Crippen LogP contribution in [-0.4, -0.2) is 28.9 Å². The van der Waals surface area contributed by atoms with Gasteiger partial charge in [-0.25, -0.2) is 5.01 Å². The number of benzene rings is 1. The Hall–Kier alpha value is -1.42. The van der Waals surface area contributed by atoms with Crippen molar-refractivity contribution >= 4 is 23.0 Å². The van der Waals surface area contributed by atoms with E-state index < -0.39 is 0 Å². The molecular formula is C14H19N3S. The molecule has 0 spiro atoms. The molecule has 1 aliphatic rings. The summed E-state index contributed by atoms with van der Waals surface area (Å²) < 4.78 is 0. The van der Waals surface area contributed by atoms with Gasteiger partial charge in [-0.15, -0.1) is 0 Å². The highest BCUT2D eigenvalue weighted by Crippen LogP contribution is 2.14. The molecule has 96 valence electrons. The van der Waals surface area contributed by atoms with E-state index in [-0.39, 0.29) is 0 Å². The molecule has 0 unspecified atom stereocenters. The summed E-state index contributed by atoms with van der Waals surface area (Å²) in [7, 11) is 0. The largest absolute Gasteiger partial charge is 0.361 e. The van der Waals surface area contributed by atoms with Gasteiger partial charge in [0.2, 0.25) is 0 Å². The van der Waals surface area contributed by atoms with E-state index >= 15 is 0 Å². The zero-order chi connectivity index (χ0) is 12.8. The van der Waals surface area contributed by atoms with Crippen molar-refractivity contribution in [2.24, 2.45) is 5.10 Å². The summed E-state index contributed by atoms with van der Waals surface area (Å²) in [6.07, 6.45) is 3.32. The number of rotatable bonds is 2. The second kappa shape index (κ2) is 6.50. The van der Waals surface area contributed by atoms with Gasteiger partial charge in [-0.1, -0.05) is 30.3 Å². The third-order valence-electron chi connectivity index (χ3n) is 2.94. The maximum absolute atomic E-state index is 5.34. The Bertz CT molecular complexity index is 428.